The highest BCUT2D eigenvalue weighted by Gasteiger charge is 2.18. The highest BCUT2D eigenvalue weighted by Crippen LogP contribution is 2.33. The molecule has 3 rings (SSSR count). The van der Waals surface area contributed by atoms with Crippen molar-refractivity contribution in [3.63, 3.8) is 0 Å². The molecule has 0 fully saturated rings. The number of pyridine rings is 1. The molecule has 2 aromatic carbocycles. The molecule has 0 unspecified atom stereocenters. The summed E-state index contributed by atoms with van der Waals surface area (Å²) in [6.07, 6.45) is 1.25. The molecule has 0 spiro atoms. The van der Waals surface area contributed by atoms with Crippen molar-refractivity contribution < 1.29 is 18.7 Å². The maximum absolute atomic E-state index is 13.9. The molecule has 164 valence electrons. The summed E-state index contributed by atoms with van der Waals surface area (Å²) in [5, 5.41) is 3.68. The first-order chi connectivity index (χ1) is 14.7. The predicted molar refractivity (Wildman–Crippen MR) is 121 cm³/mol. The van der Waals surface area contributed by atoms with E-state index in [1.807, 2.05) is 49.9 Å². The molecule has 1 N–H and O–H groups in total. The summed E-state index contributed by atoms with van der Waals surface area (Å²) in [5.41, 5.74) is 2.46. The quantitative estimate of drug-likeness (QED) is 0.576. The van der Waals surface area contributed by atoms with E-state index < -0.39 is 11.7 Å². The van der Waals surface area contributed by atoms with Crippen molar-refractivity contribution in [2.24, 2.45) is 0 Å². The Labute approximate surface area is 182 Å². The number of methoxy groups -OCH3 is 1. The Morgan fingerprint density at radius 2 is 1.94 bits per heavy atom. The number of halogens is 1. The highest BCUT2D eigenvalue weighted by atomic mass is 19.1. The van der Waals surface area contributed by atoms with Crippen LogP contribution < -0.4 is 15.0 Å². The number of nitrogens with zero attached hydrogens (tertiary/aromatic N) is 2. The molecule has 1 amide bonds. The van der Waals surface area contributed by atoms with Gasteiger partial charge >= 0.3 is 6.09 Å². The minimum atomic E-state index is -0.574. The van der Waals surface area contributed by atoms with Crippen molar-refractivity contribution in [1.82, 2.24) is 10.3 Å². The van der Waals surface area contributed by atoms with E-state index in [2.05, 4.69) is 10.3 Å². The highest BCUT2D eigenvalue weighted by molar-refractivity contribution is 5.94. The van der Waals surface area contributed by atoms with Crippen LogP contribution in [-0.2, 0) is 4.74 Å². The first-order valence-corrected chi connectivity index (χ1v) is 10.1. The molecule has 0 bridgehead atoms. The molecular weight excluding hydrogens is 397 g/mol. The zero-order chi connectivity index (χ0) is 22.6. The molecule has 0 aliphatic carbocycles. The van der Waals surface area contributed by atoms with Crippen LogP contribution in [0.2, 0.25) is 0 Å². The lowest BCUT2D eigenvalue weighted by Crippen LogP contribution is -2.37. The Hall–Kier alpha value is -3.35. The molecule has 0 aliphatic rings. The normalized spacial score (nSPS) is 11.3. The van der Waals surface area contributed by atoms with Crippen LogP contribution in [0.1, 0.15) is 26.3 Å². The zero-order valence-corrected chi connectivity index (χ0v) is 18.5. The van der Waals surface area contributed by atoms with Gasteiger partial charge in [-0.3, -0.25) is 4.98 Å². The van der Waals surface area contributed by atoms with E-state index in [-0.39, 0.29) is 5.82 Å². The number of aryl methyl sites for hydroxylation is 1. The fraction of sp³-hybridized carbons (Fsp3) is 0.333. The molecule has 0 radical (unpaired) electrons. The van der Waals surface area contributed by atoms with Gasteiger partial charge in [-0.15, -0.1) is 0 Å². The molecule has 0 saturated carbocycles. The monoisotopic (exact) mass is 425 g/mol. The summed E-state index contributed by atoms with van der Waals surface area (Å²) in [6.45, 7) is 7.95. The third-order valence-electron chi connectivity index (χ3n) is 4.67. The van der Waals surface area contributed by atoms with Gasteiger partial charge in [0.1, 0.15) is 17.2 Å². The molecule has 1 heterocycles. The zero-order valence-electron chi connectivity index (χ0n) is 18.5. The summed E-state index contributed by atoms with van der Waals surface area (Å²) in [6, 6.07) is 12.5. The van der Waals surface area contributed by atoms with Crippen molar-refractivity contribution in [2.75, 3.05) is 25.1 Å². The summed E-state index contributed by atoms with van der Waals surface area (Å²) in [4.78, 5) is 18.5. The van der Waals surface area contributed by atoms with Gasteiger partial charge in [-0.25, -0.2) is 9.18 Å². The van der Waals surface area contributed by atoms with Gasteiger partial charge in [0, 0.05) is 30.4 Å². The Balaban J connectivity index is 1.96. The number of hydrogen-bond donors (Lipinski definition) is 1. The SMILES string of the molecule is COc1ccc2nccc(N(CCNC(=O)OC(C)(C)C)c3ccc(F)c(C)c3)c2c1. The fourth-order valence-electron chi connectivity index (χ4n) is 3.24. The van der Waals surface area contributed by atoms with E-state index in [9.17, 15) is 9.18 Å². The van der Waals surface area contributed by atoms with Crippen molar-refractivity contribution >= 4 is 28.4 Å². The minimum Gasteiger partial charge on any atom is -0.497 e. The largest absolute Gasteiger partial charge is 0.497 e. The minimum absolute atomic E-state index is 0.267. The number of ether oxygens (including phenoxy) is 2. The molecule has 6 nitrogen and oxygen atoms in total. The Morgan fingerprint density at radius 1 is 1.16 bits per heavy atom. The number of carbonyl (C=O) groups excluding carboxylic acids is 1. The number of hydrogen-bond acceptors (Lipinski definition) is 5. The molecule has 0 atom stereocenters. The first kappa shape index (κ1) is 22.3. The van der Waals surface area contributed by atoms with Gasteiger partial charge in [0.05, 0.1) is 18.3 Å². The van der Waals surface area contributed by atoms with Crippen molar-refractivity contribution in [2.45, 2.75) is 33.3 Å². The van der Waals surface area contributed by atoms with Crippen LogP contribution in [-0.4, -0.2) is 36.9 Å². The summed E-state index contributed by atoms with van der Waals surface area (Å²) >= 11 is 0. The van der Waals surface area contributed by atoms with Crippen LogP contribution in [0.25, 0.3) is 10.9 Å². The standard InChI is InChI=1S/C24H28FN3O3/c1-16-14-17(6-8-20(16)25)28(13-12-27-23(29)31-24(2,3)4)22-10-11-26-21-9-7-18(30-5)15-19(21)22/h6-11,14-15H,12-13H2,1-5H3,(H,27,29). The molecule has 0 aliphatic heterocycles. The van der Waals surface area contributed by atoms with Crippen molar-refractivity contribution in [3.8, 4) is 5.75 Å². The molecule has 3 aromatic rings. The number of amides is 1. The Bertz CT molecular complexity index is 1080. The van der Waals surface area contributed by atoms with Gasteiger partial charge in [0.2, 0.25) is 0 Å². The van der Waals surface area contributed by atoms with E-state index in [4.69, 9.17) is 9.47 Å². The van der Waals surface area contributed by atoms with Gasteiger partial charge in [-0.2, -0.15) is 0 Å². The third-order valence-corrected chi connectivity index (χ3v) is 4.67. The van der Waals surface area contributed by atoms with Crippen LogP contribution >= 0.6 is 0 Å². The number of nitrogens with one attached hydrogen (secondary N) is 1. The second-order valence-corrected chi connectivity index (χ2v) is 8.23. The summed E-state index contributed by atoms with van der Waals surface area (Å²) in [5.74, 6) is 0.445. The maximum Gasteiger partial charge on any atom is 0.407 e. The molecule has 31 heavy (non-hydrogen) atoms. The number of benzene rings is 2. The number of fused-ring (bicyclic) bond motifs is 1. The van der Waals surface area contributed by atoms with E-state index >= 15 is 0 Å². The lowest BCUT2D eigenvalue weighted by Gasteiger charge is -2.27. The smallest absolute Gasteiger partial charge is 0.407 e. The lowest BCUT2D eigenvalue weighted by molar-refractivity contribution is 0.0529. The van der Waals surface area contributed by atoms with Crippen LogP contribution in [0.3, 0.4) is 0 Å². The number of carbonyl (C=O) groups is 1. The number of aromatic nitrogens is 1. The second-order valence-electron chi connectivity index (χ2n) is 8.23. The average molecular weight is 426 g/mol. The van der Waals surface area contributed by atoms with Gasteiger partial charge in [0.25, 0.3) is 0 Å². The summed E-state index contributed by atoms with van der Waals surface area (Å²) in [7, 11) is 1.61. The van der Waals surface area contributed by atoms with Crippen LogP contribution in [0.5, 0.6) is 5.75 Å². The molecular formula is C24H28FN3O3. The number of rotatable bonds is 6. The maximum atomic E-state index is 13.9. The van der Waals surface area contributed by atoms with Crippen LogP contribution in [0.4, 0.5) is 20.6 Å². The Morgan fingerprint density at radius 3 is 2.61 bits per heavy atom. The second kappa shape index (κ2) is 9.20. The molecule has 7 heteroatoms. The van der Waals surface area contributed by atoms with Gasteiger partial charge in [-0.1, -0.05) is 0 Å². The van der Waals surface area contributed by atoms with E-state index in [0.717, 1.165) is 22.3 Å². The van der Waals surface area contributed by atoms with Crippen molar-refractivity contribution in [1.29, 1.82) is 0 Å². The Kier molecular flexibility index (Phi) is 6.63. The van der Waals surface area contributed by atoms with Crippen LogP contribution in [0.15, 0.2) is 48.7 Å². The third kappa shape index (κ3) is 5.63. The fourth-order valence-corrected chi connectivity index (χ4v) is 3.24. The van der Waals surface area contributed by atoms with E-state index in [0.29, 0.717) is 24.4 Å². The molecule has 1 aromatic heterocycles. The number of anilines is 2. The average Bonchev–Trinajstić information content (AvgIpc) is 2.71. The summed E-state index contributed by atoms with van der Waals surface area (Å²) < 4.78 is 24.6. The van der Waals surface area contributed by atoms with Gasteiger partial charge in [0.15, 0.2) is 0 Å². The van der Waals surface area contributed by atoms with Crippen molar-refractivity contribution in [3.05, 3.63) is 60.0 Å². The van der Waals surface area contributed by atoms with E-state index in [1.165, 1.54) is 6.07 Å². The van der Waals surface area contributed by atoms with E-state index in [1.54, 1.807) is 32.4 Å². The number of alkyl carbamates (subject to hydrolysis) is 1. The molecule has 0 saturated heterocycles. The van der Waals surface area contributed by atoms with Gasteiger partial charge < -0.3 is 19.7 Å². The topological polar surface area (TPSA) is 63.7 Å². The lowest BCUT2D eigenvalue weighted by atomic mass is 10.1. The predicted octanol–water partition coefficient (Wildman–Crippen LogP) is 5.35. The van der Waals surface area contributed by atoms with Crippen LogP contribution in [0, 0.1) is 12.7 Å². The van der Waals surface area contributed by atoms with Gasteiger partial charge in [-0.05, 0) is 75.7 Å². The first-order valence-electron chi connectivity index (χ1n) is 10.1.